The first-order chi connectivity index (χ1) is 12.1. The van der Waals surface area contributed by atoms with Gasteiger partial charge >= 0.3 is 0 Å². The van der Waals surface area contributed by atoms with Crippen LogP contribution in [0, 0.1) is 0 Å². The van der Waals surface area contributed by atoms with E-state index in [0.717, 1.165) is 17.0 Å². The predicted molar refractivity (Wildman–Crippen MR) is 98.1 cm³/mol. The van der Waals surface area contributed by atoms with Gasteiger partial charge in [0.15, 0.2) is 11.6 Å². The van der Waals surface area contributed by atoms with Crippen LogP contribution in [-0.2, 0) is 10.0 Å². The third-order valence-corrected chi connectivity index (χ3v) is 5.87. The zero-order valence-corrected chi connectivity index (χ0v) is 15.0. The van der Waals surface area contributed by atoms with Gasteiger partial charge in [0.1, 0.15) is 9.96 Å². The van der Waals surface area contributed by atoms with E-state index in [1.165, 1.54) is 6.07 Å². The maximum Gasteiger partial charge on any atom is 0.272 e. The van der Waals surface area contributed by atoms with Gasteiger partial charge in [-0.3, -0.25) is 4.72 Å². The smallest absolute Gasteiger partial charge is 0.272 e. The molecule has 0 aliphatic heterocycles. The van der Waals surface area contributed by atoms with Gasteiger partial charge in [0.2, 0.25) is 0 Å². The number of thiophene rings is 1. The molecule has 2 N–H and O–H groups in total. The molecule has 0 amide bonds. The zero-order valence-electron chi connectivity index (χ0n) is 13.3. The van der Waals surface area contributed by atoms with Crippen molar-refractivity contribution in [2.45, 2.75) is 11.1 Å². The number of para-hydroxylation sites is 2. The molecule has 0 aliphatic rings. The van der Waals surface area contributed by atoms with E-state index in [4.69, 9.17) is 4.74 Å². The van der Waals surface area contributed by atoms with Crippen molar-refractivity contribution in [1.82, 2.24) is 10.2 Å². The first-order valence-electron chi connectivity index (χ1n) is 7.47. The number of sulfonamides is 1. The van der Waals surface area contributed by atoms with E-state index in [1.807, 2.05) is 31.2 Å². The lowest BCUT2D eigenvalue weighted by atomic mass is 10.3. The lowest BCUT2D eigenvalue weighted by Gasteiger charge is -2.11. The van der Waals surface area contributed by atoms with E-state index in [1.54, 1.807) is 23.6 Å². The number of hydrogen-bond acceptors (Lipinski definition) is 7. The summed E-state index contributed by atoms with van der Waals surface area (Å²) in [5.74, 6) is 1.33. The molecule has 0 fully saturated rings. The Labute approximate surface area is 149 Å². The molecule has 0 saturated carbocycles. The molecule has 2 heterocycles. The molecule has 130 valence electrons. The highest BCUT2D eigenvalue weighted by Gasteiger charge is 2.16. The quantitative estimate of drug-likeness (QED) is 0.656. The molecule has 0 radical (unpaired) electrons. The van der Waals surface area contributed by atoms with Crippen LogP contribution in [0.4, 0.5) is 17.3 Å². The molecule has 0 spiro atoms. The van der Waals surface area contributed by atoms with Crippen LogP contribution < -0.4 is 14.8 Å². The Balaban J connectivity index is 1.73. The Bertz CT molecular complexity index is 926. The van der Waals surface area contributed by atoms with E-state index in [-0.39, 0.29) is 10.0 Å². The summed E-state index contributed by atoms with van der Waals surface area (Å²) < 4.78 is 32.5. The van der Waals surface area contributed by atoms with Gasteiger partial charge in [0, 0.05) is 0 Å². The normalized spacial score (nSPS) is 11.1. The number of rotatable bonds is 7. The van der Waals surface area contributed by atoms with Gasteiger partial charge in [-0.05, 0) is 42.6 Å². The van der Waals surface area contributed by atoms with E-state index in [9.17, 15) is 8.42 Å². The van der Waals surface area contributed by atoms with Crippen molar-refractivity contribution in [1.29, 1.82) is 0 Å². The summed E-state index contributed by atoms with van der Waals surface area (Å²) in [6.45, 7) is 2.46. The Kier molecular flexibility index (Phi) is 5.15. The number of nitrogens with one attached hydrogen (secondary N) is 2. The van der Waals surface area contributed by atoms with Gasteiger partial charge in [-0.15, -0.1) is 21.5 Å². The molecule has 0 atom stereocenters. The second-order valence-corrected chi connectivity index (χ2v) is 7.75. The van der Waals surface area contributed by atoms with Crippen LogP contribution in [-0.4, -0.2) is 25.2 Å². The predicted octanol–water partition coefficient (Wildman–Crippen LogP) is 3.48. The number of aromatic nitrogens is 2. The molecule has 9 heteroatoms. The summed E-state index contributed by atoms with van der Waals surface area (Å²) in [6.07, 6.45) is 0. The minimum absolute atomic E-state index is 0.150. The van der Waals surface area contributed by atoms with E-state index < -0.39 is 10.0 Å². The maximum atomic E-state index is 12.2. The van der Waals surface area contributed by atoms with E-state index in [0.29, 0.717) is 18.2 Å². The summed E-state index contributed by atoms with van der Waals surface area (Å²) in [6, 6.07) is 13.9. The van der Waals surface area contributed by atoms with Crippen molar-refractivity contribution in [2.24, 2.45) is 0 Å². The number of ether oxygens (including phenoxy) is 1. The van der Waals surface area contributed by atoms with Gasteiger partial charge in [0.25, 0.3) is 10.0 Å². The molecule has 0 aliphatic carbocycles. The zero-order chi connectivity index (χ0) is 17.7. The molecule has 0 unspecified atom stereocenters. The largest absolute Gasteiger partial charge is 0.492 e. The third kappa shape index (κ3) is 4.25. The van der Waals surface area contributed by atoms with Crippen LogP contribution in [0.25, 0.3) is 0 Å². The average molecular weight is 376 g/mol. The molecule has 0 saturated heterocycles. The summed E-state index contributed by atoms with van der Waals surface area (Å²) in [4.78, 5) is 0. The number of benzene rings is 1. The Morgan fingerprint density at radius 2 is 1.80 bits per heavy atom. The van der Waals surface area contributed by atoms with Crippen molar-refractivity contribution in [3.05, 3.63) is 53.9 Å². The van der Waals surface area contributed by atoms with Gasteiger partial charge in [-0.25, -0.2) is 8.42 Å². The van der Waals surface area contributed by atoms with Gasteiger partial charge < -0.3 is 10.1 Å². The fourth-order valence-corrected chi connectivity index (χ4v) is 4.04. The van der Waals surface area contributed by atoms with Crippen molar-refractivity contribution < 1.29 is 13.2 Å². The van der Waals surface area contributed by atoms with Gasteiger partial charge in [-0.2, -0.15) is 0 Å². The van der Waals surface area contributed by atoms with Crippen LogP contribution in [0.3, 0.4) is 0 Å². The second-order valence-electron chi connectivity index (χ2n) is 4.90. The molecule has 1 aromatic carbocycles. The first kappa shape index (κ1) is 17.2. The van der Waals surface area contributed by atoms with Gasteiger partial charge in [0.05, 0.1) is 12.3 Å². The van der Waals surface area contributed by atoms with Crippen molar-refractivity contribution in [2.75, 3.05) is 16.6 Å². The summed E-state index contributed by atoms with van der Waals surface area (Å²) in [5, 5.41) is 12.7. The van der Waals surface area contributed by atoms with Crippen LogP contribution in [0.2, 0.25) is 0 Å². The number of hydrogen-bond donors (Lipinski definition) is 2. The third-order valence-electron chi connectivity index (χ3n) is 3.11. The molecule has 7 nitrogen and oxygen atoms in total. The highest BCUT2D eigenvalue weighted by atomic mass is 32.2. The molecule has 0 bridgehead atoms. The Hall–Kier alpha value is -2.65. The fourth-order valence-electron chi connectivity index (χ4n) is 2.05. The lowest BCUT2D eigenvalue weighted by molar-refractivity contribution is 0.342. The van der Waals surface area contributed by atoms with Crippen LogP contribution in [0.1, 0.15) is 6.92 Å². The van der Waals surface area contributed by atoms with E-state index >= 15 is 0 Å². The minimum atomic E-state index is -3.63. The highest BCUT2D eigenvalue weighted by Crippen LogP contribution is 2.26. The number of nitrogens with zero attached hydrogens (tertiary/aromatic N) is 2. The van der Waals surface area contributed by atoms with E-state index in [2.05, 4.69) is 20.2 Å². The summed E-state index contributed by atoms with van der Waals surface area (Å²) >= 11 is 1.14. The monoisotopic (exact) mass is 376 g/mol. The van der Waals surface area contributed by atoms with Crippen molar-refractivity contribution >= 4 is 38.7 Å². The van der Waals surface area contributed by atoms with Crippen LogP contribution >= 0.6 is 11.3 Å². The van der Waals surface area contributed by atoms with Crippen molar-refractivity contribution in [3.8, 4) is 5.75 Å². The van der Waals surface area contributed by atoms with Crippen LogP contribution in [0.5, 0.6) is 5.75 Å². The Morgan fingerprint density at radius 3 is 2.48 bits per heavy atom. The SMILES string of the molecule is CCOc1ccccc1Nc1ccc(NS(=O)(=O)c2cccs2)nn1. The molecule has 25 heavy (non-hydrogen) atoms. The van der Waals surface area contributed by atoms with Gasteiger partial charge in [-0.1, -0.05) is 18.2 Å². The summed E-state index contributed by atoms with van der Waals surface area (Å²) in [7, 11) is -3.63. The molecule has 3 rings (SSSR count). The fraction of sp³-hybridized carbons (Fsp3) is 0.125. The van der Waals surface area contributed by atoms with Crippen molar-refractivity contribution in [3.63, 3.8) is 0 Å². The average Bonchev–Trinajstić information content (AvgIpc) is 3.14. The summed E-state index contributed by atoms with van der Waals surface area (Å²) in [5.41, 5.74) is 0.755. The molecular formula is C16H16N4O3S2. The number of anilines is 3. The molecular weight excluding hydrogens is 360 g/mol. The standard InChI is InChI=1S/C16H16N4O3S2/c1-2-23-13-7-4-3-6-12(13)17-14-9-10-15(19-18-14)20-25(21,22)16-8-5-11-24-16/h3-11H,2H2,1H3,(H,17,18)(H,19,20). The Morgan fingerprint density at radius 1 is 1.04 bits per heavy atom. The molecule has 3 aromatic rings. The highest BCUT2D eigenvalue weighted by molar-refractivity contribution is 7.94. The van der Waals surface area contributed by atoms with Crippen LogP contribution in [0.15, 0.2) is 58.1 Å². The molecule has 2 aromatic heterocycles. The maximum absolute atomic E-state index is 12.2. The minimum Gasteiger partial charge on any atom is -0.492 e. The second kappa shape index (κ2) is 7.49. The first-order valence-corrected chi connectivity index (χ1v) is 9.83. The topological polar surface area (TPSA) is 93.2 Å². The lowest BCUT2D eigenvalue weighted by Crippen LogP contribution is -2.13.